The van der Waals surface area contributed by atoms with Crippen molar-refractivity contribution in [2.75, 3.05) is 0 Å². The third kappa shape index (κ3) is 2.22. The van der Waals surface area contributed by atoms with E-state index in [4.69, 9.17) is 0 Å². The van der Waals surface area contributed by atoms with Gasteiger partial charge in [-0.1, -0.05) is 5.21 Å². The quantitative estimate of drug-likeness (QED) is 0.487. The molecular weight excluding hydrogens is 314 g/mol. The van der Waals surface area contributed by atoms with Gasteiger partial charge in [0.2, 0.25) is 0 Å². The Morgan fingerprint density at radius 3 is 2.83 bits per heavy atom. The van der Waals surface area contributed by atoms with Crippen LogP contribution in [0.15, 0.2) is 34.4 Å². The molecule has 0 unspecified atom stereocenters. The summed E-state index contributed by atoms with van der Waals surface area (Å²) < 4.78 is 1.48. The Labute approximate surface area is 132 Å². The summed E-state index contributed by atoms with van der Waals surface area (Å²) in [5.41, 5.74) is 0.150. The number of tetrazole rings is 1. The molecule has 0 fully saturated rings. The predicted octanol–water partition coefficient (Wildman–Crippen LogP) is -0.724. The summed E-state index contributed by atoms with van der Waals surface area (Å²) in [6.45, 7) is 2.23. The van der Waals surface area contributed by atoms with Crippen molar-refractivity contribution < 1.29 is 0 Å². The number of hydrogen-bond donors (Lipinski definition) is 1. The molecule has 0 bridgehead atoms. The van der Waals surface area contributed by atoms with Crippen LogP contribution in [0.1, 0.15) is 13.0 Å². The van der Waals surface area contributed by atoms with Crippen molar-refractivity contribution >= 4 is 21.8 Å². The summed E-state index contributed by atoms with van der Waals surface area (Å²) >= 11 is 0. The smallest absolute Gasteiger partial charge is 0.275 e. The molecule has 0 aliphatic heterocycles. The average molecular weight is 325 g/mol. The van der Waals surface area contributed by atoms with Gasteiger partial charge in [0, 0.05) is 0 Å². The first kappa shape index (κ1) is 14.1. The van der Waals surface area contributed by atoms with Crippen LogP contribution in [-0.2, 0) is 6.54 Å². The Morgan fingerprint density at radius 1 is 1.21 bits per heavy atom. The molecular formula is C13H11N9O2. The summed E-state index contributed by atoms with van der Waals surface area (Å²) in [6.07, 6.45) is 2.78. The van der Waals surface area contributed by atoms with Crippen molar-refractivity contribution in [1.29, 1.82) is 0 Å². The molecule has 0 aliphatic rings. The zero-order valence-electron chi connectivity index (χ0n) is 12.5. The molecule has 11 nitrogen and oxygen atoms in total. The number of aromatic nitrogens is 9. The zero-order chi connectivity index (χ0) is 16.7. The van der Waals surface area contributed by atoms with Gasteiger partial charge >= 0.3 is 0 Å². The summed E-state index contributed by atoms with van der Waals surface area (Å²) in [4.78, 5) is 30.2. The number of nitrogens with zero attached hydrogens (tertiary/aromatic N) is 8. The number of aromatic amines is 1. The second-order valence-electron chi connectivity index (χ2n) is 5.32. The fourth-order valence-electron chi connectivity index (χ4n) is 2.53. The number of nitrogens with one attached hydrogen (secondary N) is 1. The van der Waals surface area contributed by atoms with E-state index >= 15 is 0 Å². The summed E-state index contributed by atoms with van der Waals surface area (Å²) in [5, 5.41) is 21.7. The Hall–Kier alpha value is -3.50. The van der Waals surface area contributed by atoms with Gasteiger partial charge in [0.1, 0.15) is 5.52 Å². The minimum atomic E-state index is -0.376. The Bertz CT molecular complexity index is 1150. The highest BCUT2D eigenvalue weighted by molar-refractivity contribution is 5.93. The fraction of sp³-hybridized carbons (Fsp3) is 0.231. The molecule has 0 saturated heterocycles. The van der Waals surface area contributed by atoms with Crippen molar-refractivity contribution in [3.05, 3.63) is 45.5 Å². The zero-order valence-corrected chi connectivity index (χ0v) is 12.5. The molecule has 1 atom stereocenters. The Morgan fingerprint density at radius 2 is 2.04 bits per heavy atom. The lowest BCUT2D eigenvalue weighted by molar-refractivity contribution is 0.389. The van der Waals surface area contributed by atoms with Crippen LogP contribution in [0.5, 0.6) is 0 Å². The van der Waals surface area contributed by atoms with Crippen LogP contribution in [0.25, 0.3) is 21.8 Å². The minimum Gasteiger partial charge on any atom is -0.294 e. The van der Waals surface area contributed by atoms with Gasteiger partial charge in [-0.05, 0) is 24.3 Å². The van der Waals surface area contributed by atoms with Crippen molar-refractivity contribution in [2.45, 2.75) is 19.5 Å². The maximum absolute atomic E-state index is 12.8. The molecule has 0 amide bonds. The van der Waals surface area contributed by atoms with Crippen molar-refractivity contribution in [1.82, 2.24) is 45.2 Å². The van der Waals surface area contributed by atoms with E-state index in [-0.39, 0.29) is 17.2 Å². The van der Waals surface area contributed by atoms with Crippen LogP contribution in [-0.4, -0.2) is 45.2 Å². The molecule has 0 radical (unpaired) electrons. The second-order valence-corrected chi connectivity index (χ2v) is 5.32. The molecule has 4 rings (SSSR count). The monoisotopic (exact) mass is 325 g/mol. The summed E-state index contributed by atoms with van der Waals surface area (Å²) in [7, 11) is 0. The topological polar surface area (TPSA) is 137 Å². The lowest BCUT2D eigenvalue weighted by Gasteiger charge is -2.14. The number of hydrogen-bond acceptors (Lipinski definition) is 8. The lowest BCUT2D eigenvalue weighted by atomic mass is 10.1. The maximum atomic E-state index is 12.8. The normalized spacial score (nSPS) is 12.7. The van der Waals surface area contributed by atoms with Crippen LogP contribution in [0, 0.1) is 0 Å². The number of rotatable bonds is 3. The Kier molecular flexibility index (Phi) is 3.11. The van der Waals surface area contributed by atoms with Gasteiger partial charge < -0.3 is 0 Å². The van der Waals surface area contributed by atoms with Gasteiger partial charge in [-0.15, -0.1) is 15.3 Å². The van der Waals surface area contributed by atoms with E-state index < -0.39 is 0 Å². The van der Waals surface area contributed by atoms with Crippen LogP contribution >= 0.6 is 0 Å². The van der Waals surface area contributed by atoms with Crippen molar-refractivity contribution in [3.8, 4) is 0 Å². The summed E-state index contributed by atoms with van der Waals surface area (Å²) in [6, 6.07) is 2.83. The van der Waals surface area contributed by atoms with Crippen LogP contribution in [0.4, 0.5) is 0 Å². The highest BCUT2D eigenvalue weighted by Crippen LogP contribution is 2.15. The van der Waals surface area contributed by atoms with Crippen LogP contribution in [0.3, 0.4) is 0 Å². The highest BCUT2D eigenvalue weighted by Gasteiger charge is 2.13. The molecule has 1 N–H and O–H groups in total. The third-order valence-corrected chi connectivity index (χ3v) is 3.75. The average Bonchev–Trinajstić information content (AvgIpc) is 3.07. The van der Waals surface area contributed by atoms with E-state index in [1.807, 2.05) is 6.92 Å². The predicted molar refractivity (Wildman–Crippen MR) is 82.2 cm³/mol. The van der Waals surface area contributed by atoms with E-state index in [1.54, 1.807) is 0 Å². The lowest BCUT2D eigenvalue weighted by Crippen LogP contribution is -2.27. The van der Waals surface area contributed by atoms with E-state index in [0.29, 0.717) is 28.4 Å². The van der Waals surface area contributed by atoms with Gasteiger partial charge in [0.15, 0.2) is 6.33 Å². The third-order valence-electron chi connectivity index (χ3n) is 3.75. The molecule has 0 aliphatic carbocycles. The molecule has 0 saturated carbocycles. The van der Waals surface area contributed by atoms with E-state index in [1.165, 1.54) is 34.2 Å². The van der Waals surface area contributed by atoms with Crippen LogP contribution < -0.4 is 11.1 Å². The Balaban J connectivity index is 1.86. The first-order chi connectivity index (χ1) is 11.6. The molecule has 3 aromatic heterocycles. The largest absolute Gasteiger partial charge is 0.294 e. The number of H-pyrrole nitrogens is 1. The SMILES string of the molecule is C[C@H](Cn1ncnn1)n1cnc2cc3c(=O)[nH]nnc3cc2c1=O. The fourth-order valence-corrected chi connectivity index (χ4v) is 2.53. The maximum Gasteiger partial charge on any atom is 0.275 e. The molecule has 24 heavy (non-hydrogen) atoms. The molecule has 11 heteroatoms. The van der Waals surface area contributed by atoms with Gasteiger partial charge in [0.05, 0.1) is 35.2 Å². The van der Waals surface area contributed by atoms with E-state index in [0.717, 1.165) is 0 Å². The number of benzene rings is 1. The highest BCUT2D eigenvalue weighted by atomic mass is 16.1. The van der Waals surface area contributed by atoms with Gasteiger partial charge in [0.25, 0.3) is 11.1 Å². The second kappa shape index (κ2) is 5.30. The number of fused-ring (bicyclic) bond motifs is 2. The summed E-state index contributed by atoms with van der Waals surface area (Å²) in [5.74, 6) is 0. The first-order valence-corrected chi connectivity index (χ1v) is 7.10. The standard InChI is InChI=1S/C13H11N9O2/c1-7(4-22-16-5-15-20-22)21-6-14-10-2-8-11(3-9(10)13(21)24)17-19-18-12(8)23/h2-3,5-7H,4H2,1H3,(H,17,18,23)/t7-/m1/s1. The minimum absolute atomic E-state index is 0.232. The van der Waals surface area contributed by atoms with Crippen molar-refractivity contribution in [2.24, 2.45) is 0 Å². The first-order valence-electron chi connectivity index (χ1n) is 7.10. The molecule has 120 valence electrons. The van der Waals surface area contributed by atoms with Crippen LogP contribution in [0.2, 0.25) is 0 Å². The van der Waals surface area contributed by atoms with Gasteiger partial charge in [-0.2, -0.15) is 4.80 Å². The van der Waals surface area contributed by atoms with Gasteiger partial charge in [-0.3, -0.25) is 14.2 Å². The molecule has 0 spiro atoms. The molecule has 3 heterocycles. The molecule has 1 aromatic carbocycles. The van der Waals surface area contributed by atoms with Crippen molar-refractivity contribution in [3.63, 3.8) is 0 Å². The molecule has 4 aromatic rings. The van der Waals surface area contributed by atoms with E-state index in [9.17, 15) is 9.59 Å². The van der Waals surface area contributed by atoms with E-state index in [2.05, 4.69) is 35.8 Å². The van der Waals surface area contributed by atoms with Gasteiger partial charge in [-0.25, -0.2) is 10.1 Å².